The van der Waals surface area contributed by atoms with Crippen LogP contribution in [-0.4, -0.2) is 26.1 Å². The van der Waals surface area contributed by atoms with E-state index in [-0.39, 0.29) is 24.9 Å². The first-order chi connectivity index (χ1) is 7.67. The fourth-order valence-electron chi connectivity index (χ4n) is 1.23. The van der Waals surface area contributed by atoms with Gasteiger partial charge in [0.2, 0.25) is 5.91 Å². The van der Waals surface area contributed by atoms with Crippen molar-refractivity contribution in [1.82, 2.24) is 5.32 Å². The average Bonchev–Trinajstić information content (AvgIpc) is 2.23. The van der Waals surface area contributed by atoms with Gasteiger partial charge in [0.15, 0.2) is 0 Å². The first kappa shape index (κ1) is 15.7. The van der Waals surface area contributed by atoms with Crippen LogP contribution in [0.5, 0.6) is 5.75 Å². The number of ether oxygens (including phenoxy) is 1. The predicted octanol–water partition coefficient (Wildman–Crippen LogP) is 1.80. The lowest BCUT2D eigenvalue weighted by Gasteiger charge is -2.11. The summed E-state index contributed by atoms with van der Waals surface area (Å²) in [5, 5.41) is 5.35. The Labute approximate surface area is 106 Å². The molecule has 0 atom stereocenters. The third-order valence-corrected chi connectivity index (χ3v) is 1.85. The summed E-state index contributed by atoms with van der Waals surface area (Å²) in [5.74, 6) is -0.253. The third kappa shape index (κ3) is 5.01. The largest absolute Gasteiger partial charge is 0.492 e. The summed E-state index contributed by atoms with van der Waals surface area (Å²) in [4.78, 5) is 11.3. The molecule has 0 spiro atoms. The Morgan fingerprint density at radius 1 is 1.47 bits per heavy atom. The zero-order chi connectivity index (χ0) is 12.0. The number of hydrogen-bond acceptors (Lipinski definition) is 3. The normalized spacial score (nSPS) is 9.35. The van der Waals surface area contributed by atoms with Gasteiger partial charge in [0.1, 0.15) is 11.6 Å². The first-order valence-electron chi connectivity index (χ1n) is 5.04. The Kier molecular flexibility index (Phi) is 7.25. The molecule has 0 radical (unpaired) electrons. The maximum absolute atomic E-state index is 13.0. The van der Waals surface area contributed by atoms with E-state index in [1.165, 1.54) is 18.2 Å². The second-order valence-electron chi connectivity index (χ2n) is 3.15. The molecule has 1 rings (SSSR count). The minimum Gasteiger partial charge on any atom is -0.492 e. The van der Waals surface area contributed by atoms with Crippen LogP contribution in [0.4, 0.5) is 10.1 Å². The van der Waals surface area contributed by atoms with Crippen LogP contribution >= 0.6 is 12.4 Å². The molecule has 0 saturated carbocycles. The summed E-state index contributed by atoms with van der Waals surface area (Å²) in [7, 11) is 1.67. The molecule has 0 aliphatic rings. The number of rotatable bonds is 5. The standard InChI is InChI=1S/C11H15FN2O2.ClH/c1-3-16-10-6-8(12)4-5-9(10)14-11(15)7-13-2;/h4-6,13H,3,7H2,1-2H3,(H,14,15);1H. The quantitative estimate of drug-likeness (QED) is 0.851. The molecule has 0 bridgehead atoms. The Bertz CT molecular complexity index is 374. The fraction of sp³-hybridized carbons (Fsp3) is 0.364. The van der Waals surface area contributed by atoms with Crippen LogP contribution in [0.25, 0.3) is 0 Å². The molecule has 1 aromatic carbocycles. The molecule has 0 aliphatic heterocycles. The van der Waals surface area contributed by atoms with Gasteiger partial charge in [-0.05, 0) is 26.1 Å². The minimum absolute atomic E-state index is 0. The van der Waals surface area contributed by atoms with Crippen LogP contribution in [0.15, 0.2) is 18.2 Å². The second kappa shape index (κ2) is 7.86. The number of benzene rings is 1. The molecule has 4 nitrogen and oxygen atoms in total. The van der Waals surface area contributed by atoms with E-state index >= 15 is 0 Å². The molecular formula is C11H16ClFN2O2. The molecule has 0 aromatic heterocycles. The van der Waals surface area contributed by atoms with Crippen molar-refractivity contribution in [3.63, 3.8) is 0 Å². The lowest BCUT2D eigenvalue weighted by atomic mass is 10.2. The fourth-order valence-corrected chi connectivity index (χ4v) is 1.23. The maximum atomic E-state index is 13.0. The van der Waals surface area contributed by atoms with Gasteiger partial charge in [0.25, 0.3) is 0 Å². The molecule has 2 N–H and O–H groups in total. The maximum Gasteiger partial charge on any atom is 0.238 e. The van der Waals surface area contributed by atoms with Gasteiger partial charge in [-0.25, -0.2) is 4.39 Å². The molecule has 0 heterocycles. The van der Waals surface area contributed by atoms with E-state index in [0.29, 0.717) is 18.0 Å². The van der Waals surface area contributed by atoms with Crippen molar-refractivity contribution in [3.8, 4) is 5.75 Å². The molecule has 6 heteroatoms. The van der Waals surface area contributed by atoms with Gasteiger partial charge in [-0.1, -0.05) is 0 Å². The molecule has 0 unspecified atom stereocenters. The van der Waals surface area contributed by atoms with Gasteiger partial charge >= 0.3 is 0 Å². The molecule has 0 fully saturated rings. The number of halogens is 2. The van der Waals surface area contributed by atoms with E-state index in [2.05, 4.69) is 10.6 Å². The molecule has 17 heavy (non-hydrogen) atoms. The van der Waals surface area contributed by atoms with E-state index in [1.807, 2.05) is 0 Å². The minimum atomic E-state index is -0.393. The summed E-state index contributed by atoms with van der Waals surface area (Å²) < 4.78 is 18.2. The Hall–Kier alpha value is -1.33. The summed E-state index contributed by atoms with van der Waals surface area (Å²) >= 11 is 0. The average molecular weight is 263 g/mol. The van der Waals surface area contributed by atoms with Gasteiger partial charge in [-0.2, -0.15) is 0 Å². The van der Waals surface area contributed by atoms with E-state index in [0.717, 1.165) is 0 Å². The zero-order valence-corrected chi connectivity index (χ0v) is 10.6. The van der Waals surface area contributed by atoms with Crippen molar-refractivity contribution < 1.29 is 13.9 Å². The molecule has 96 valence electrons. The number of amides is 1. The van der Waals surface area contributed by atoms with E-state index < -0.39 is 5.82 Å². The predicted molar refractivity (Wildman–Crippen MR) is 67.4 cm³/mol. The summed E-state index contributed by atoms with van der Waals surface area (Å²) in [6, 6.07) is 4.00. The van der Waals surface area contributed by atoms with E-state index in [4.69, 9.17) is 4.74 Å². The van der Waals surface area contributed by atoms with Crippen LogP contribution in [0.3, 0.4) is 0 Å². The monoisotopic (exact) mass is 262 g/mol. The Balaban J connectivity index is 0.00000256. The molecule has 1 amide bonds. The van der Waals surface area contributed by atoms with Crippen molar-refractivity contribution in [2.24, 2.45) is 0 Å². The van der Waals surface area contributed by atoms with Crippen molar-refractivity contribution in [2.75, 3.05) is 25.5 Å². The third-order valence-electron chi connectivity index (χ3n) is 1.85. The second-order valence-corrected chi connectivity index (χ2v) is 3.15. The van der Waals surface area contributed by atoms with Crippen LogP contribution in [-0.2, 0) is 4.79 Å². The van der Waals surface area contributed by atoms with Crippen LogP contribution in [0.2, 0.25) is 0 Å². The topological polar surface area (TPSA) is 50.4 Å². The summed E-state index contributed by atoms with van der Waals surface area (Å²) in [5.41, 5.74) is 0.475. The number of carbonyl (C=O) groups is 1. The number of hydrogen-bond donors (Lipinski definition) is 2. The Morgan fingerprint density at radius 3 is 2.76 bits per heavy atom. The molecule has 0 saturated heterocycles. The van der Waals surface area contributed by atoms with E-state index in [1.54, 1.807) is 14.0 Å². The highest BCUT2D eigenvalue weighted by Gasteiger charge is 2.08. The van der Waals surface area contributed by atoms with Crippen LogP contribution in [0.1, 0.15) is 6.92 Å². The molecule has 1 aromatic rings. The molecule has 0 aliphatic carbocycles. The van der Waals surface area contributed by atoms with Gasteiger partial charge in [0, 0.05) is 6.07 Å². The number of carbonyl (C=O) groups excluding carboxylic acids is 1. The zero-order valence-electron chi connectivity index (χ0n) is 9.75. The van der Waals surface area contributed by atoms with Crippen molar-refractivity contribution in [1.29, 1.82) is 0 Å². The van der Waals surface area contributed by atoms with E-state index in [9.17, 15) is 9.18 Å². The van der Waals surface area contributed by atoms with Crippen LogP contribution in [0, 0.1) is 5.82 Å². The summed E-state index contributed by atoms with van der Waals surface area (Å²) in [6.07, 6.45) is 0. The van der Waals surface area contributed by atoms with Crippen molar-refractivity contribution in [3.05, 3.63) is 24.0 Å². The van der Waals surface area contributed by atoms with Crippen molar-refractivity contribution in [2.45, 2.75) is 6.92 Å². The van der Waals surface area contributed by atoms with Crippen LogP contribution < -0.4 is 15.4 Å². The van der Waals surface area contributed by atoms with Gasteiger partial charge in [0.05, 0.1) is 18.8 Å². The smallest absolute Gasteiger partial charge is 0.238 e. The highest BCUT2D eigenvalue weighted by Crippen LogP contribution is 2.25. The highest BCUT2D eigenvalue weighted by atomic mass is 35.5. The lowest BCUT2D eigenvalue weighted by Crippen LogP contribution is -2.25. The van der Waals surface area contributed by atoms with Gasteiger partial charge in [-0.3, -0.25) is 4.79 Å². The van der Waals surface area contributed by atoms with Crippen molar-refractivity contribution >= 4 is 24.0 Å². The molecular weight excluding hydrogens is 247 g/mol. The number of nitrogens with one attached hydrogen (secondary N) is 2. The summed E-state index contributed by atoms with van der Waals surface area (Å²) in [6.45, 7) is 2.41. The highest BCUT2D eigenvalue weighted by molar-refractivity contribution is 5.93. The van der Waals surface area contributed by atoms with Gasteiger partial charge in [-0.15, -0.1) is 12.4 Å². The Morgan fingerprint density at radius 2 is 2.18 bits per heavy atom. The SMILES string of the molecule is CCOc1cc(F)ccc1NC(=O)CNC.Cl. The number of anilines is 1. The lowest BCUT2D eigenvalue weighted by molar-refractivity contribution is -0.115. The number of likely N-dealkylation sites (N-methyl/N-ethyl adjacent to an activating group) is 1. The first-order valence-corrected chi connectivity index (χ1v) is 5.04. The van der Waals surface area contributed by atoms with Gasteiger partial charge < -0.3 is 15.4 Å².